The molecule has 192 valence electrons. The van der Waals surface area contributed by atoms with Crippen molar-refractivity contribution >= 4 is 17.5 Å². The minimum Gasteiger partial charge on any atom is -0.457 e. The van der Waals surface area contributed by atoms with Crippen LogP contribution in [0.1, 0.15) is 31.2 Å². The van der Waals surface area contributed by atoms with Crippen LogP contribution in [0.3, 0.4) is 0 Å². The van der Waals surface area contributed by atoms with E-state index in [1.54, 1.807) is 6.07 Å². The van der Waals surface area contributed by atoms with Gasteiger partial charge in [-0.2, -0.15) is 5.26 Å². The first-order valence-corrected chi connectivity index (χ1v) is 13.1. The molecular weight excluding hydrogens is 474 g/mol. The molecule has 0 aromatic heterocycles. The zero-order valence-corrected chi connectivity index (χ0v) is 21.3. The summed E-state index contributed by atoms with van der Waals surface area (Å²) >= 11 is 0. The summed E-state index contributed by atoms with van der Waals surface area (Å²) < 4.78 is 5.90. The van der Waals surface area contributed by atoms with E-state index in [0.717, 1.165) is 5.56 Å². The van der Waals surface area contributed by atoms with Crippen molar-refractivity contribution < 1.29 is 14.3 Å². The summed E-state index contributed by atoms with van der Waals surface area (Å²) in [6.07, 6.45) is 6.21. The molecule has 1 N–H and O–H groups in total. The lowest BCUT2D eigenvalue weighted by molar-refractivity contribution is -0.142. The van der Waals surface area contributed by atoms with Crippen LogP contribution >= 0.6 is 0 Å². The molecule has 1 fully saturated rings. The largest absolute Gasteiger partial charge is 0.457 e. The molecule has 2 atom stereocenters. The van der Waals surface area contributed by atoms with Gasteiger partial charge < -0.3 is 15.0 Å². The Morgan fingerprint density at radius 2 is 1.47 bits per heavy atom. The van der Waals surface area contributed by atoms with E-state index in [4.69, 9.17) is 4.74 Å². The van der Waals surface area contributed by atoms with Gasteiger partial charge in [-0.1, -0.05) is 66.7 Å². The number of nitriles is 1. The lowest BCUT2D eigenvalue weighted by Crippen LogP contribution is -2.49. The topological polar surface area (TPSA) is 82.4 Å². The molecule has 3 aromatic carbocycles. The Balaban J connectivity index is 1.24. The van der Waals surface area contributed by atoms with Crippen LogP contribution in [0.2, 0.25) is 0 Å². The SMILES string of the molecule is N#CC1(c2ccccc2)CCN(C(=O)C2CC=CCC2C(=O)Nc2cccc(Oc3ccccc3)c2)CC1. The molecule has 6 nitrogen and oxygen atoms in total. The van der Waals surface area contributed by atoms with E-state index in [-0.39, 0.29) is 11.8 Å². The van der Waals surface area contributed by atoms with Crippen LogP contribution in [-0.4, -0.2) is 29.8 Å². The molecule has 1 saturated heterocycles. The fraction of sp³-hybridized carbons (Fsp3) is 0.281. The number of piperidine rings is 1. The Morgan fingerprint density at radius 3 is 2.16 bits per heavy atom. The highest BCUT2D eigenvalue weighted by atomic mass is 16.5. The van der Waals surface area contributed by atoms with E-state index >= 15 is 0 Å². The van der Waals surface area contributed by atoms with Crippen molar-refractivity contribution in [2.45, 2.75) is 31.1 Å². The third kappa shape index (κ3) is 5.47. The van der Waals surface area contributed by atoms with Crippen LogP contribution < -0.4 is 10.1 Å². The number of amides is 2. The number of likely N-dealkylation sites (tertiary alicyclic amines) is 1. The van der Waals surface area contributed by atoms with E-state index in [1.807, 2.05) is 95.9 Å². The molecule has 0 bridgehead atoms. The van der Waals surface area contributed by atoms with Crippen LogP contribution in [0.15, 0.2) is 97.1 Å². The van der Waals surface area contributed by atoms with Gasteiger partial charge in [0.25, 0.3) is 0 Å². The third-order valence-electron chi connectivity index (χ3n) is 7.64. The maximum Gasteiger partial charge on any atom is 0.228 e. The summed E-state index contributed by atoms with van der Waals surface area (Å²) in [6.45, 7) is 1.02. The fourth-order valence-corrected chi connectivity index (χ4v) is 5.44. The lowest BCUT2D eigenvalue weighted by atomic mass is 9.73. The number of anilines is 1. The van der Waals surface area contributed by atoms with Gasteiger partial charge in [-0.05, 0) is 55.5 Å². The molecule has 3 aromatic rings. The average molecular weight is 506 g/mol. The Kier molecular flexibility index (Phi) is 7.55. The Labute approximate surface area is 223 Å². The van der Waals surface area contributed by atoms with Crippen molar-refractivity contribution in [2.24, 2.45) is 11.8 Å². The molecule has 2 aliphatic rings. The molecule has 5 rings (SSSR count). The van der Waals surface area contributed by atoms with Gasteiger partial charge >= 0.3 is 0 Å². The van der Waals surface area contributed by atoms with E-state index in [2.05, 4.69) is 11.4 Å². The molecule has 6 heteroatoms. The van der Waals surface area contributed by atoms with Gasteiger partial charge in [0.05, 0.1) is 23.3 Å². The molecule has 38 heavy (non-hydrogen) atoms. The van der Waals surface area contributed by atoms with Crippen molar-refractivity contribution in [3.8, 4) is 17.6 Å². The highest BCUT2D eigenvalue weighted by molar-refractivity contribution is 5.96. The van der Waals surface area contributed by atoms with Crippen molar-refractivity contribution in [1.82, 2.24) is 4.90 Å². The van der Waals surface area contributed by atoms with Gasteiger partial charge in [0, 0.05) is 24.8 Å². The van der Waals surface area contributed by atoms with Crippen LogP contribution in [0, 0.1) is 23.2 Å². The molecule has 2 unspecified atom stereocenters. The highest BCUT2D eigenvalue weighted by Crippen LogP contribution is 2.37. The van der Waals surface area contributed by atoms with Gasteiger partial charge in [0.1, 0.15) is 11.5 Å². The smallest absolute Gasteiger partial charge is 0.228 e. The summed E-state index contributed by atoms with van der Waals surface area (Å²) in [5.74, 6) is 0.289. The van der Waals surface area contributed by atoms with Gasteiger partial charge in [-0.3, -0.25) is 9.59 Å². The third-order valence-corrected chi connectivity index (χ3v) is 7.64. The Morgan fingerprint density at radius 1 is 0.842 bits per heavy atom. The first-order chi connectivity index (χ1) is 18.6. The summed E-state index contributed by atoms with van der Waals surface area (Å²) in [6, 6.07) is 29.1. The number of rotatable bonds is 6. The average Bonchev–Trinajstić information content (AvgIpc) is 2.98. The fourth-order valence-electron chi connectivity index (χ4n) is 5.44. The maximum absolute atomic E-state index is 13.6. The second-order valence-corrected chi connectivity index (χ2v) is 9.97. The first kappa shape index (κ1) is 25.3. The number of carbonyl (C=O) groups is 2. The van der Waals surface area contributed by atoms with Gasteiger partial charge in [-0.25, -0.2) is 0 Å². The van der Waals surface area contributed by atoms with Crippen molar-refractivity contribution in [2.75, 3.05) is 18.4 Å². The van der Waals surface area contributed by atoms with Crippen LogP contribution in [-0.2, 0) is 15.0 Å². The monoisotopic (exact) mass is 505 g/mol. The number of nitrogens with zero attached hydrogens (tertiary/aromatic N) is 2. The molecule has 1 heterocycles. The number of ether oxygens (including phenoxy) is 1. The number of allylic oxidation sites excluding steroid dienone is 2. The van der Waals surface area contributed by atoms with E-state index < -0.39 is 17.3 Å². The molecule has 1 aliphatic heterocycles. The summed E-state index contributed by atoms with van der Waals surface area (Å²) in [7, 11) is 0. The molecule has 1 aliphatic carbocycles. The first-order valence-electron chi connectivity index (χ1n) is 13.1. The minimum atomic E-state index is -0.575. The van der Waals surface area contributed by atoms with Gasteiger partial charge in [-0.15, -0.1) is 0 Å². The molecule has 2 amide bonds. The molecular formula is C32H31N3O3. The molecule has 0 saturated carbocycles. The number of carbonyl (C=O) groups excluding carboxylic acids is 2. The van der Waals surface area contributed by atoms with Gasteiger partial charge in [0.15, 0.2) is 0 Å². The number of benzene rings is 3. The minimum absolute atomic E-state index is 0.00439. The van der Waals surface area contributed by atoms with Crippen LogP contribution in [0.4, 0.5) is 5.69 Å². The predicted molar refractivity (Wildman–Crippen MR) is 146 cm³/mol. The van der Waals surface area contributed by atoms with E-state index in [1.165, 1.54) is 0 Å². The second kappa shape index (κ2) is 11.4. The predicted octanol–water partition coefficient (Wildman–Crippen LogP) is 6.08. The summed E-state index contributed by atoms with van der Waals surface area (Å²) in [5, 5.41) is 13.0. The van der Waals surface area contributed by atoms with Gasteiger partial charge in [0.2, 0.25) is 11.8 Å². The number of para-hydroxylation sites is 1. The number of hydrogen-bond donors (Lipinski definition) is 1. The second-order valence-electron chi connectivity index (χ2n) is 9.97. The lowest BCUT2D eigenvalue weighted by Gasteiger charge is -2.40. The Bertz CT molecular complexity index is 1340. The highest BCUT2D eigenvalue weighted by Gasteiger charge is 2.41. The standard InChI is InChI=1S/C32H31N3O3/c33-23-32(24-10-3-1-4-11-24)18-20-35(21-19-32)31(37)29-17-8-7-16-28(29)30(36)34-25-12-9-15-27(22-25)38-26-13-5-2-6-14-26/h1-15,22,28-29H,16-21H2,(H,34,36). The molecule has 0 spiro atoms. The number of nitrogens with one attached hydrogen (secondary N) is 1. The normalized spacial score (nSPS) is 20.2. The van der Waals surface area contributed by atoms with E-state index in [9.17, 15) is 14.9 Å². The molecule has 0 radical (unpaired) electrons. The maximum atomic E-state index is 13.6. The zero-order chi connectivity index (χ0) is 26.4. The van der Waals surface area contributed by atoms with Crippen molar-refractivity contribution in [1.29, 1.82) is 5.26 Å². The summed E-state index contributed by atoms with van der Waals surface area (Å²) in [5.41, 5.74) is 1.06. The quantitative estimate of drug-likeness (QED) is 0.412. The number of hydrogen-bond acceptors (Lipinski definition) is 4. The Hall–Kier alpha value is -4.37. The summed E-state index contributed by atoms with van der Waals surface area (Å²) in [4.78, 5) is 28.8. The van der Waals surface area contributed by atoms with Crippen molar-refractivity contribution in [3.05, 3.63) is 103 Å². The zero-order valence-electron chi connectivity index (χ0n) is 21.3. The van der Waals surface area contributed by atoms with Crippen LogP contribution in [0.25, 0.3) is 0 Å². The van der Waals surface area contributed by atoms with E-state index in [0.29, 0.717) is 56.0 Å². The van der Waals surface area contributed by atoms with Crippen LogP contribution in [0.5, 0.6) is 11.5 Å². The van der Waals surface area contributed by atoms with Crippen molar-refractivity contribution in [3.63, 3.8) is 0 Å².